The number of anilines is 1. The number of furan rings is 1. The number of nitrogens with zero attached hydrogens (tertiary/aromatic N) is 1. The van der Waals surface area contributed by atoms with Gasteiger partial charge in [-0.05, 0) is 52.9 Å². The first kappa shape index (κ1) is 17.9. The van der Waals surface area contributed by atoms with Crippen LogP contribution < -0.4 is 5.32 Å². The zero-order valence-electron chi connectivity index (χ0n) is 15.8. The van der Waals surface area contributed by atoms with Crippen molar-refractivity contribution < 1.29 is 14.1 Å². The summed E-state index contributed by atoms with van der Waals surface area (Å²) in [5.74, 6) is 0.163. The molecular weight excluding hydrogens is 380 g/mol. The minimum atomic E-state index is -0.466. The van der Waals surface area contributed by atoms with Gasteiger partial charge in [0.15, 0.2) is 5.76 Å². The molecule has 1 amide bonds. The summed E-state index contributed by atoms with van der Waals surface area (Å²) >= 11 is 0. The Kier molecular flexibility index (Phi) is 4.17. The molecule has 0 radical (unpaired) electrons. The molecule has 0 saturated heterocycles. The van der Waals surface area contributed by atoms with Gasteiger partial charge in [0.2, 0.25) is 0 Å². The third-order valence-corrected chi connectivity index (χ3v) is 5.22. The van der Waals surface area contributed by atoms with Gasteiger partial charge < -0.3 is 9.73 Å². The summed E-state index contributed by atoms with van der Waals surface area (Å²) in [4.78, 5) is 23.1. The predicted molar refractivity (Wildman–Crippen MR) is 113 cm³/mol. The van der Waals surface area contributed by atoms with E-state index in [-0.39, 0.29) is 17.4 Å². The highest BCUT2D eigenvalue weighted by atomic mass is 16.6. The molecule has 1 aliphatic carbocycles. The van der Waals surface area contributed by atoms with Gasteiger partial charge in [0.05, 0.1) is 4.92 Å². The Balaban J connectivity index is 1.35. The number of carbonyl (C=O) groups is 1. The molecule has 5 rings (SSSR count). The number of hydrogen-bond acceptors (Lipinski definition) is 4. The highest BCUT2D eigenvalue weighted by Gasteiger charge is 2.19. The summed E-state index contributed by atoms with van der Waals surface area (Å²) < 4.78 is 5.65. The topological polar surface area (TPSA) is 85.4 Å². The lowest BCUT2D eigenvalue weighted by molar-refractivity contribution is -0.384. The molecule has 6 nitrogen and oxygen atoms in total. The van der Waals surface area contributed by atoms with Crippen LogP contribution >= 0.6 is 0 Å². The molecule has 0 aliphatic heterocycles. The zero-order valence-corrected chi connectivity index (χ0v) is 15.8. The number of carbonyl (C=O) groups excluding carboxylic acids is 1. The number of nitro benzene ring substituents is 1. The maximum absolute atomic E-state index is 12.6. The van der Waals surface area contributed by atoms with Gasteiger partial charge in [-0.1, -0.05) is 42.5 Å². The Hall–Kier alpha value is -4.19. The second-order valence-electron chi connectivity index (χ2n) is 7.13. The third kappa shape index (κ3) is 3.14. The van der Waals surface area contributed by atoms with Gasteiger partial charge in [0, 0.05) is 23.4 Å². The molecule has 0 bridgehead atoms. The second kappa shape index (κ2) is 7.00. The average molecular weight is 396 g/mol. The van der Waals surface area contributed by atoms with Crippen molar-refractivity contribution in [2.24, 2.45) is 0 Å². The highest BCUT2D eigenvalue weighted by molar-refractivity contribution is 6.03. The molecule has 4 aromatic rings. The standard InChI is InChI=1S/C24H16N2O4/c27-24(23-11-10-22(30-23)16-5-3-6-19(14-16)26(28)29)25-18-8-9-21-17(13-18)12-15-4-1-2-7-20(15)21/h1-11,13-14H,12H2,(H,25,27). The van der Waals surface area contributed by atoms with Gasteiger partial charge in [-0.2, -0.15) is 0 Å². The van der Waals surface area contributed by atoms with Gasteiger partial charge in [-0.25, -0.2) is 0 Å². The normalized spacial score (nSPS) is 11.6. The summed E-state index contributed by atoms with van der Waals surface area (Å²) in [6.45, 7) is 0. The number of benzene rings is 3. The number of nitro groups is 1. The fourth-order valence-electron chi connectivity index (χ4n) is 3.80. The fourth-order valence-corrected chi connectivity index (χ4v) is 3.80. The number of hydrogen-bond donors (Lipinski definition) is 1. The summed E-state index contributed by atoms with van der Waals surface area (Å²) in [7, 11) is 0. The van der Waals surface area contributed by atoms with Crippen LogP contribution in [0.5, 0.6) is 0 Å². The molecule has 146 valence electrons. The number of rotatable bonds is 4. The van der Waals surface area contributed by atoms with E-state index in [4.69, 9.17) is 4.42 Å². The summed E-state index contributed by atoms with van der Waals surface area (Å²) in [5.41, 5.74) is 6.08. The second-order valence-corrected chi connectivity index (χ2v) is 7.13. The molecule has 0 fully saturated rings. The molecule has 30 heavy (non-hydrogen) atoms. The monoisotopic (exact) mass is 396 g/mol. The number of amides is 1. The van der Waals surface area contributed by atoms with Crippen LogP contribution in [0.4, 0.5) is 11.4 Å². The van der Waals surface area contributed by atoms with Crippen LogP contribution in [0.15, 0.2) is 83.3 Å². The van der Waals surface area contributed by atoms with Crippen molar-refractivity contribution in [3.8, 4) is 22.5 Å². The van der Waals surface area contributed by atoms with E-state index in [2.05, 4.69) is 17.4 Å². The Bertz CT molecular complexity index is 1310. The lowest BCUT2D eigenvalue weighted by atomic mass is 10.1. The lowest BCUT2D eigenvalue weighted by Gasteiger charge is -2.06. The molecular formula is C24H16N2O4. The van der Waals surface area contributed by atoms with Crippen molar-refractivity contribution >= 4 is 17.3 Å². The quantitative estimate of drug-likeness (QED) is 0.313. The molecule has 6 heteroatoms. The zero-order chi connectivity index (χ0) is 20.7. The molecule has 1 heterocycles. The smallest absolute Gasteiger partial charge is 0.291 e. The van der Waals surface area contributed by atoms with E-state index in [1.165, 1.54) is 34.4 Å². The van der Waals surface area contributed by atoms with Crippen molar-refractivity contribution in [1.29, 1.82) is 0 Å². The molecule has 0 spiro atoms. The van der Waals surface area contributed by atoms with E-state index < -0.39 is 4.92 Å². The fraction of sp³-hybridized carbons (Fsp3) is 0.0417. The van der Waals surface area contributed by atoms with E-state index >= 15 is 0 Å². The van der Waals surface area contributed by atoms with E-state index in [1.807, 2.05) is 30.3 Å². The van der Waals surface area contributed by atoms with Gasteiger partial charge in [-0.15, -0.1) is 0 Å². The molecule has 0 saturated carbocycles. The molecule has 0 atom stereocenters. The van der Waals surface area contributed by atoms with Gasteiger partial charge in [0.1, 0.15) is 5.76 Å². The van der Waals surface area contributed by atoms with Crippen LogP contribution in [0.2, 0.25) is 0 Å². The minimum absolute atomic E-state index is 0.0333. The van der Waals surface area contributed by atoms with Crippen LogP contribution in [0.3, 0.4) is 0 Å². The van der Waals surface area contributed by atoms with E-state index in [0.717, 1.165) is 6.42 Å². The van der Waals surface area contributed by atoms with Crippen molar-refractivity contribution in [2.75, 3.05) is 5.32 Å². The van der Waals surface area contributed by atoms with Crippen molar-refractivity contribution in [1.82, 2.24) is 0 Å². The molecule has 1 N–H and O–H groups in total. The SMILES string of the molecule is O=C(Nc1ccc2c(c1)Cc1ccccc1-2)c1ccc(-c2cccc([N+](=O)[O-])c2)o1. The summed E-state index contributed by atoms with van der Waals surface area (Å²) in [6, 6.07) is 23.5. The van der Waals surface area contributed by atoms with Gasteiger partial charge in [0.25, 0.3) is 11.6 Å². The molecule has 3 aromatic carbocycles. The van der Waals surface area contributed by atoms with Crippen LogP contribution in [-0.4, -0.2) is 10.8 Å². The molecule has 1 aromatic heterocycles. The lowest BCUT2D eigenvalue weighted by Crippen LogP contribution is -2.10. The van der Waals surface area contributed by atoms with Crippen LogP contribution in [0.25, 0.3) is 22.5 Å². The van der Waals surface area contributed by atoms with Gasteiger partial charge in [-0.3, -0.25) is 14.9 Å². The first-order valence-corrected chi connectivity index (χ1v) is 9.46. The predicted octanol–water partition coefficient (Wildman–Crippen LogP) is 5.68. The van der Waals surface area contributed by atoms with Crippen molar-refractivity contribution in [3.05, 3.63) is 106 Å². The Morgan fingerprint density at radius 3 is 2.60 bits per heavy atom. The average Bonchev–Trinajstić information content (AvgIpc) is 3.38. The number of fused-ring (bicyclic) bond motifs is 3. The summed E-state index contributed by atoms with van der Waals surface area (Å²) in [5, 5.41) is 13.8. The Labute approximate surface area is 171 Å². The minimum Gasteiger partial charge on any atom is -0.451 e. The van der Waals surface area contributed by atoms with Crippen molar-refractivity contribution in [3.63, 3.8) is 0 Å². The highest BCUT2D eigenvalue weighted by Crippen LogP contribution is 2.37. The van der Waals surface area contributed by atoms with Gasteiger partial charge >= 0.3 is 0 Å². The van der Waals surface area contributed by atoms with E-state index in [0.29, 0.717) is 17.0 Å². The Morgan fingerprint density at radius 1 is 0.900 bits per heavy atom. The maximum atomic E-state index is 12.6. The van der Waals surface area contributed by atoms with E-state index in [1.54, 1.807) is 24.3 Å². The number of nitrogens with one attached hydrogen (secondary N) is 1. The van der Waals surface area contributed by atoms with Crippen molar-refractivity contribution in [2.45, 2.75) is 6.42 Å². The molecule has 0 unspecified atom stereocenters. The third-order valence-electron chi connectivity index (χ3n) is 5.22. The van der Waals surface area contributed by atoms with Crippen LogP contribution in [-0.2, 0) is 6.42 Å². The molecule has 1 aliphatic rings. The first-order chi connectivity index (χ1) is 14.6. The van der Waals surface area contributed by atoms with Crippen LogP contribution in [0, 0.1) is 10.1 Å². The maximum Gasteiger partial charge on any atom is 0.291 e. The van der Waals surface area contributed by atoms with Crippen LogP contribution in [0.1, 0.15) is 21.7 Å². The first-order valence-electron chi connectivity index (χ1n) is 9.46. The number of non-ortho nitro benzene ring substituents is 1. The largest absolute Gasteiger partial charge is 0.451 e. The van der Waals surface area contributed by atoms with E-state index in [9.17, 15) is 14.9 Å². The Morgan fingerprint density at radius 2 is 1.73 bits per heavy atom. The summed E-state index contributed by atoms with van der Waals surface area (Å²) in [6.07, 6.45) is 0.840.